The van der Waals surface area contributed by atoms with Gasteiger partial charge in [-0.25, -0.2) is 0 Å². The molecule has 1 N–H and O–H groups in total. The first-order valence-electron chi connectivity index (χ1n) is 10.6. The van der Waals surface area contributed by atoms with Gasteiger partial charge in [0, 0.05) is 19.4 Å². The summed E-state index contributed by atoms with van der Waals surface area (Å²) in [6, 6.07) is 4.94. The normalized spacial score (nSPS) is 22.0. The Hall–Kier alpha value is -2.81. The van der Waals surface area contributed by atoms with Crippen molar-refractivity contribution >= 4 is 34.1 Å². The van der Waals surface area contributed by atoms with E-state index in [-0.39, 0.29) is 30.4 Å². The van der Waals surface area contributed by atoms with Crippen LogP contribution in [0.15, 0.2) is 18.2 Å². The van der Waals surface area contributed by atoms with Crippen molar-refractivity contribution in [2.24, 2.45) is 0 Å². The quantitative estimate of drug-likeness (QED) is 0.781. The molecule has 0 unspecified atom stereocenters. The number of carbonyl (C=O) groups excluding carboxylic acids is 3. The molecule has 0 radical (unpaired) electrons. The van der Waals surface area contributed by atoms with E-state index in [1.165, 1.54) is 11.3 Å². The van der Waals surface area contributed by atoms with Gasteiger partial charge in [-0.2, -0.15) is 0 Å². The Balaban J connectivity index is 1.46. The molecule has 0 bridgehead atoms. The molecule has 8 nitrogen and oxygen atoms in total. The number of hydrogen-bond donors (Lipinski definition) is 1. The van der Waals surface area contributed by atoms with Crippen LogP contribution in [0.2, 0.25) is 0 Å². The number of nitrogens with one attached hydrogen (secondary N) is 1. The number of carbonyl (C=O) groups is 3. The molecule has 2 amide bonds. The minimum atomic E-state index is -0.713. The first-order chi connectivity index (χ1) is 14.8. The van der Waals surface area contributed by atoms with E-state index in [1.807, 2.05) is 32.0 Å². The summed E-state index contributed by atoms with van der Waals surface area (Å²) < 4.78 is 6.30. The summed E-state index contributed by atoms with van der Waals surface area (Å²) in [5.41, 5.74) is 0.902. The van der Waals surface area contributed by atoms with Crippen LogP contribution in [0.1, 0.15) is 60.5 Å². The standard InChI is InChI=1S/C22H26N4O4S/c1-4-18-24-25-21(31-18)23-20(29)14(3)26-10-9-22(8-7-19(26)28)12-16(27)15-11-13(2)5-6-17(15)30-22/h5-6,11,14H,4,7-10,12H2,1-3H3,(H,23,25,29)/t14-,22+/m1/s1. The predicted octanol–water partition coefficient (Wildman–Crippen LogP) is 3.15. The van der Waals surface area contributed by atoms with Crippen molar-refractivity contribution in [3.05, 3.63) is 34.3 Å². The maximum atomic E-state index is 12.8. The molecule has 2 aliphatic heterocycles. The molecule has 1 spiro atoms. The van der Waals surface area contributed by atoms with Crippen molar-refractivity contribution in [2.45, 2.75) is 64.5 Å². The summed E-state index contributed by atoms with van der Waals surface area (Å²) in [7, 11) is 0. The Kier molecular flexibility index (Phi) is 5.79. The van der Waals surface area contributed by atoms with E-state index in [0.29, 0.717) is 35.8 Å². The second-order valence-electron chi connectivity index (χ2n) is 8.24. The van der Waals surface area contributed by atoms with Crippen molar-refractivity contribution in [1.82, 2.24) is 15.1 Å². The topological polar surface area (TPSA) is 101 Å². The van der Waals surface area contributed by atoms with Gasteiger partial charge in [-0.05, 0) is 38.8 Å². The van der Waals surface area contributed by atoms with Crippen LogP contribution < -0.4 is 10.1 Å². The van der Waals surface area contributed by atoms with Crippen LogP contribution in [0.25, 0.3) is 0 Å². The monoisotopic (exact) mass is 442 g/mol. The van der Waals surface area contributed by atoms with E-state index in [1.54, 1.807) is 11.8 Å². The summed E-state index contributed by atoms with van der Waals surface area (Å²) in [5, 5.41) is 12.0. The molecule has 3 heterocycles. The van der Waals surface area contributed by atoms with E-state index in [4.69, 9.17) is 4.74 Å². The fourth-order valence-corrected chi connectivity index (χ4v) is 4.83. The van der Waals surface area contributed by atoms with E-state index in [2.05, 4.69) is 15.5 Å². The highest BCUT2D eigenvalue weighted by atomic mass is 32.1. The molecule has 1 aromatic carbocycles. The van der Waals surface area contributed by atoms with Crippen molar-refractivity contribution in [1.29, 1.82) is 0 Å². The second-order valence-corrected chi connectivity index (χ2v) is 9.30. The van der Waals surface area contributed by atoms with Gasteiger partial charge in [-0.15, -0.1) is 10.2 Å². The molecule has 2 atom stereocenters. The van der Waals surface area contributed by atoms with Crippen LogP contribution in [-0.2, 0) is 16.0 Å². The van der Waals surface area contributed by atoms with E-state index in [0.717, 1.165) is 17.0 Å². The van der Waals surface area contributed by atoms with Crippen LogP contribution in [0, 0.1) is 6.92 Å². The maximum absolute atomic E-state index is 12.8. The molecule has 31 heavy (non-hydrogen) atoms. The third kappa shape index (κ3) is 4.32. The number of benzene rings is 1. The lowest BCUT2D eigenvalue weighted by Crippen LogP contribution is -2.46. The number of Topliss-reactive ketones (excluding diaryl/α,β-unsaturated/α-hetero) is 1. The van der Waals surface area contributed by atoms with Crippen LogP contribution >= 0.6 is 11.3 Å². The molecule has 1 saturated heterocycles. The predicted molar refractivity (Wildman–Crippen MR) is 116 cm³/mol. The van der Waals surface area contributed by atoms with Crippen LogP contribution in [-0.4, -0.2) is 50.9 Å². The number of fused-ring (bicyclic) bond motifs is 1. The molecule has 2 aliphatic rings. The van der Waals surface area contributed by atoms with E-state index < -0.39 is 11.6 Å². The van der Waals surface area contributed by atoms with Crippen molar-refractivity contribution in [2.75, 3.05) is 11.9 Å². The number of likely N-dealkylation sites (tertiary alicyclic amines) is 1. The Morgan fingerprint density at radius 2 is 2.13 bits per heavy atom. The lowest BCUT2D eigenvalue weighted by atomic mass is 9.84. The fraction of sp³-hybridized carbons (Fsp3) is 0.500. The molecule has 4 rings (SSSR count). The Labute approximate surface area is 185 Å². The number of aromatic nitrogens is 2. The van der Waals surface area contributed by atoms with Crippen molar-refractivity contribution in [3.63, 3.8) is 0 Å². The number of aryl methyl sites for hydroxylation is 2. The highest BCUT2D eigenvalue weighted by Gasteiger charge is 2.44. The number of ketones is 1. The van der Waals surface area contributed by atoms with Gasteiger partial charge in [0.2, 0.25) is 16.9 Å². The molecule has 1 fully saturated rings. The third-order valence-electron chi connectivity index (χ3n) is 6.01. The van der Waals surface area contributed by atoms with Crippen LogP contribution in [0.5, 0.6) is 5.75 Å². The second kappa shape index (κ2) is 8.37. The maximum Gasteiger partial charge on any atom is 0.248 e. The Bertz CT molecular complexity index is 1040. The Morgan fingerprint density at radius 3 is 2.87 bits per heavy atom. The van der Waals surface area contributed by atoms with Gasteiger partial charge in [0.25, 0.3) is 0 Å². The molecule has 9 heteroatoms. The summed E-state index contributed by atoms with van der Waals surface area (Å²) >= 11 is 1.33. The highest BCUT2D eigenvalue weighted by Crippen LogP contribution is 2.40. The summed E-state index contributed by atoms with van der Waals surface area (Å²) in [6.45, 7) is 5.96. The number of ether oxygens (including phenoxy) is 1. The SMILES string of the molecule is CCc1nnc(NC(=O)[C@@H](C)N2CC[C@@]3(CCC2=O)CC(=O)c2cc(C)ccc2O3)s1. The van der Waals surface area contributed by atoms with Gasteiger partial charge in [-0.3, -0.25) is 19.7 Å². The highest BCUT2D eigenvalue weighted by molar-refractivity contribution is 7.15. The fourth-order valence-electron chi connectivity index (χ4n) is 4.15. The summed E-state index contributed by atoms with van der Waals surface area (Å²) in [5.74, 6) is 0.206. The molecule has 2 aromatic rings. The molecular weight excluding hydrogens is 416 g/mol. The van der Waals surface area contributed by atoms with Crippen molar-refractivity contribution < 1.29 is 19.1 Å². The molecule has 0 aliphatic carbocycles. The van der Waals surface area contributed by atoms with E-state index >= 15 is 0 Å². The van der Waals surface area contributed by atoms with Crippen molar-refractivity contribution in [3.8, 4) is 5.75 Å². The van der Waals surface area contributed by atoms with Gasteiger partial charge in [0.1, 0.15) is 22.4 Å². The minimum Gasteiger partial charge on any atom is -0.486 e. The molecule has 164 valence electrons. The molecule has 1 aromatic heterocycles. The number of hydrogen-bond acceptors (Lipinski definition) is 7. The number of amides is 2. The first kappa shape index (κ1) is 21.4. The zero-order chi connectivity index (χ0) is 22.2. The van der Waals surface area contributed by atoms with Gasteiger partial charge < -0.3 is 9.64 Å². The minimum absolute atomic E-state index is 0.0413. The third-order valence-corrected chi connectivity index (χ3v) is 7.00. The Morgan fingerprint density at radius 1 is 1.32 bits per heavy atom. The lowest BCUT2D eigenvalue weighted by molar-refractivity contribution is -0.137. The van der Waals surface area contributed by atoms with Gasteiger partial charge in [0.05, 0.1) is 12.0 Å². The summed E-state index contributed by atoms with van der Waals surface area (Å²) in [6.07, 6.45) is 2.16. The average Bonchev–Trinajstić information content (AvgIpc) is 3.14. The largest absolute Gasteiger partial charge is 0.486 e. The first-order valence-corrected chi connectivity index (χ1v) is 11.4. The molecular formula is C22H26N4O4S. The molecule has 0 saturated carbocycles. The summed E-state index contributed by atoms with van der Waals surface area (Å²) in [4.78, 5) is 39.9. The van der Waals surface area contributed by atoms with Crippen LogP contribution in [0.4, 0.5) is 5.13 Å². The number of nitrogens with zero attached hydrogens (tertiary/aromatic N) is 3. The van der Waals surface area contributed by atoms with Crippen LogP contribution in [0.3, 0.4) is 0 Å². The van der Waals surface area contributed by atoms with Gasteiger partial charge in [-0.1, -0.05) is 29.9 Å². The lowest BCUT2D eigenvalue weighted by Gasteiger charge is -2.37. The zero-order valence-corrected chi connectivity index (χ0v) is 18.8. The van der Waals surface area contributed by atoms with E-state index in [9.17, 15) is 14.4 Å². The van der Waals surface area contributed by atoms with Gasteiger partial charge in [0.15, 0.2) is 5.78 Å². The smallest absolute Gasteiger partial charge is 0.248 e. The zero-order valence-electron chi connectivity index (χ0n) is 17.9. The number of anilines is 1. The number of rotatable bonds is 4. The van der Waals surface area contributed by atoms with Gasteiger partial charge >= 0.3 is 0 Å². The average molecular weight is 443 g/mol.